The number of hydrogen-bond acceptors (Lipinski definition) is 2. The van der Waals surface area contributed by atoms with Crippen molar-refractivity contribution in [1.29, 1.82) is 0 Å². The minimum Gasteiger partial charge on any atom is -0.377 e. The van der Waals surface area contributed by atoms with Crippen LogP contribution in [0.4, 0.5) is 10.1 Å². The largest absolute Gasteiger partial charge is 0.377 e. The van der Waals surface area contributed by atoms with Crippen molar-refractivity contribution in [1.82, 2.24) is 4.98 Å². The molecule has 0 saturated heterocycles. The molecule has 0 aliphatic rings. The van der Waals surface area contributed by atoms with Crippen LogP contribution >= 0.6 is 15.9 Å². The number of nitrogens with zero attached hydrogens (tertiary/aromatic N) is 1. The summed E-state index contributed by atoms with van der Waals surface area (Å²) in [6, 6.07) is 10.7. The lowest BCUT2D eigenvalue weighted by atomic mass is 10.0. The highest BCUT2D eigenvalue weighted by atomic mass is 79.9. The molecule has 1 heterocycles. The lowest BCUT2D eigenvalue weighted by Crippen LogP contribution is -2.11. The quantitative estimate of drug-likeness (QED) is 0.813. The predicted octanol–water partition coefficient (Wildman–Crippen LogP) is 4.85. The fraction of sp³-hybridized carbons (Fsp3) is 0.267. The molecule has 0 amide bonds. The molecule has 1 aromatic heterocycles. The number of hydrogen-bond donors (Lipinski definition) is 1. The summed E-state index contributed by atoms with van der Waals surface area (Å²) in [4.78, 5) is 4.36. The van der Waals surface area contributed by atoms with Crippen LogP contribution in [0.3, 0.4) is 0 Å². The first-order valence-electron chi connectivity index (χ1n) is 6.25. The van der Waals surface area contributed by atoms with Gasteiger partial charge in [0.1, 0.15) is 10.4 Å². The Morgan fingerprint density at radius 2 is 1.89 bits per heavy atom. The maximum absolute atomic E-state index is 13.0. The summed E-state index contributed by atoms with van der Waals surface area (Å²) in [5.41, 5.74) is 3.01. The first-order valence-corrected chi connectivity index (χ1v) is 7.04. The summed E-state index contributed by atoms with van der Waals surface area (Å²) in [5, 5.41) is 3.45. The molecule has 1 atom stereocenters. The maximum Gasteiger partial charge on any atom is 0.123 e. The normalized spacial score (nSPS) is 12.2. The van der Waals surface area contributed by atoms with E-state index in [4.69, 9.17) is 0 Å². The molecule has 1 aromatic carbocycles. The Morgan fingerprint density at radius 3 is 2.47 bits per heavy atom. The van der Waals surface area contributed by atoms with Crippen LogP contribution in [0.1, 0.15) is 30.6 Å². The van der Waals surface area contributed by atoms with Crippen LogP contribution < -0.4 is 5.32 Å². The monoisotopic (exact) mass is 322 g/mol. The number of pyridine rings is 1. The second kappa shape index (κ2) is 6.15. The summed E-state index contributed by atoms with van der Waals surface area (Å²) < 4.78 is 13.8. The third-order valence-electron chi connectivity index (χ3n) is 3.06. The predicted molar refractivity (Wildman–Crippen MR) is 79.7 cm³/mol. The first-order chi connectivity index (χ1) is 9.10. The fourth-order valence-corrected chi connectivity index (χ4v) is 2.38. The van der Waals surface area contributed by atoms with Crippen LogP contribution in [-0.2, 0) is 0 Å². The van der Waals surface area contributed by atoms with Crippen LogP contribution in [0.5, 0.6) is 0 Å². The zero-order chi connectivity index (χ0) is 13.8. The fourth-order valence-electron chi connectivity index (χ4n) is 1.99. The van der Waals surface area contributed by atoms with Gasteiger partial charge in [0.2, 0.25) is 0 Å². The second-order valence-electron chi connectivity index (χ2n) is 4.42. The molecule has 2 rings (SSSR count). The highest BCUT2D eigenvalue weighted by Gasteiger charge is 2.11. The highest BCUT2D eigenvalue weighted by molar-refractivity contribution is 9.10. The van der Waals surface area contributed by atoms with Crippen molar-refractivity contribution in [2.45, 2.75) is 26.3 Å². The first kappa shape index (κ1) is 14.0. The minimum atomic E-state index is -0.208. The molecule has 2 nitrogen and oxygen atoms in total. The Hall–Kier alpha value is -1.42. The average molecular weight is 323 g/mol. The molecular weight excluding hydrogens is 307 g/mol. The van der Waals surface area contributed by atoms with Crippen molar-refractivity contribution >= 4 is 21.6 Å². The number of rotatable bonds is 4. The molecule has 0 radical (unpaired) electrons. The molecule has 0 spiro atoms. The van der Waals surface area contributed by atoms with Crippen molar-refractivity contribution in [2.24, 2.45) is 0 Å². The van der Waals surface area contributed by atoms with E-state index in [1.54, 1.807) is 0 Å². The summed E-state index contributed by atoms with van der Waals surface area (Å²) in [6.45, 7) is 4.06. The lowest BCUT2D eigenvalue weighted by molar-refractivity contribution is 0.625. The maximum atomic E-state index is 13.0. The van der Waals surface area contributed by atoms with E-state index in [9.17, 15) is 4.39 Å². The van der Waals surface area contributed by atoms with Crippen molar-refractivity contribution in [3.63, 3.8) is 0 Å². The Morgan fingerprint density at radius 1 is 1.21 bits per heavy atom. The molecule has 0 aliphatic heterocycles. The Labute approximate surface area is 121 Å². The zero-order valence-corrected chi connectivity index (χ0v) is 12.5. The SMILES string of the molecule is CCC(Nc1ccc(Br)nc1C)c1ccc(F)cc1. The van der Waals surface area contributed by atoms with E-state index in [1.807, 2.05) is 31.2 Å². The lowest BCUT2D eigenvalue weighted by Gasteiger charge is -2.20. The summed E-state index contributed by atoms with van der Waals surface area (Å²) >= 11 is 3.35. The van der Waals surface area contributed by atoms with Gasteiger partial charge in [-0.3, -0.25) is 0 Å². The van der Waals surface area contributed by atoms with E-state index in [0.717, 1.165) is 28.0 Å². The topological polar surface area (TPSA) is 24.9 Å². The van der Waals surface area contributed by atoms with Gasteiger partial charge in [0.15, 0.2) is 0 Å². The minimum absolute atomic E-state index is 0.155. The standard InChI is InChI=1S/C15H16BrFN2/c1-3-13(11-4-6-12(17)7-5-11)19-14-8-9-15(16)18-10(14)2/h4-9,13,19H,3H2,1-2H3. The van der Waals surface area contributed by atoms with Crippen LogP contribution in [-0.4, -0.2) is 4.98 Å². The van der Waals surface area contributed by atoms with Gasteiger partial charge in [0.05, 0.1) is 17.4 Å². The van der Waals surface area contributed by atoms with Crippen LogP contribution in [0.2, 0.25) is 0 Å². The molecule has 1 N–H and O–H groups in total. The molecule has 100 valence electrons. The van der Waals surface area contributed by atoms with Crippen LogP contribution in [0, 0.1) is 12.7 Å². The molecule has 2 aromatic rings. The van der Waals surface area contributed by atoms with Gasteiger partial charge in [0, 0.05) is 0 Å². The summed E-state index contributed by atoms with van der Waals surface area (Å²) in [6.07, 6.45) is 0.918. The van der Waals surface area contributed by atoms with E-state index < -0.39 is 0 Å². The molecule has 0 aliphatic carbocycles. The van der Waals surface area contributed by atoms with Gasteiger partial charge in [-0.1, -0.05) is 19.1 Å². The number of aryl methyl sites for hydroxylation is 1. The second-order valence-corrected chi connectivity index (χ2v) is 5.24. The molecule has 0 bridgehead atoms. The number of aromatic nitrogens is 1. The van der Waals surface area contributed by atoms with Gasteiger partial charge in [-0.15, -0.1) is 0 Å². The molecular formula is C15H16BrFN2. The van der Waals surface area contributed by atoms with Crippen molar-refractivity contribution < 1.29 is 4.39 Å². The third kappa shape index (κ3) is 3.53. The Balaban J connectivity index is 2.21. The third-order valence-corrected chi connectivity index (χ3v) is 3.50. The molecule has 0 fully saturated rings. The van der Waals surface area contributed by atoms with E-state index in [-0.39, 0.29) is 11.9 Å². The summed E-state index contributed by atoms with van der Waals surface area (Å²) in [5.74, 6) is -0.208. The van der Waals surface area contributed by atoms with E-state index >= 15 is 0 Å². The molecule has 4 heteroatoms. The summed E-state index contributed by atoms with van der Waals surface area (Å²) in [7, 11) is 0. The van der Waals surface area contributed by atoms with E-state index in [0.29, 0.717) is 0 Å². The average Bonchev–Trinajstić information content (AvgIpc) is 2.39. The Kier molecular flexibility index (Phi) is 4.53. The van der Waals surface area contributed by atoms with Gasteiger partial charge in [-0.25, -0.2) is 9.37 Å². The number of anilines is 1. The van der Waals surface area contributed by atoms with Gasteiger partial charge in [-0.2, -0.15) is 0 Å². The van der Waals surface area contributed by atoms with Gasteiger partial charge < -0.3 is 5.32 Å². The number of halogens is 2. The van der Waals surface area contributed by atoms with Crippen molar-refractivity contribution in [2.75, 3.05) is 5.32 Å². The van der Waals surface area contributed by atoms with Crippen LogP contribution in [0.15, 0.2) is 41.0 Å². The number of benzene rings is 1. The molecule has 19 heavy (non-hydrogen) atoms. The van der Waals surface area contributed by atoms with E-state index in [2.05, 4.69) is 33.2 Å². The molecule has 1 unspecified atom stereocenters. The van der Waals surface area contributed by atoms with Crippen molar-refractivity contribution in [3.8, 4) is 0 Å². The molecule has 0 saturated carbocycles. The van der Waals surface area contributed by atoms with Crippen LogP contribution in [0.25, 0.3) is 0 Å². The van der Waals surface area contributed by atoms with Gasteiger partial charge >= 0.3 is 0 Å². The highest BCUT2D eigenvalue weighted by Crippen LogP contribution is 2.25. The number of nitrogens with one attached hydrogen (secondary N) is 1. The van der Waals surface area contributed by atoms with Gasteiger partial charge in [0.25, 0.3) is 0 Å². The van der Waals surface area contributed by atoms with Gasteiger partial charge in [-0.05, 0) is 59.1 Å². The zero-order valence-electron chi connectivity index (χ0n) is 11.0. The van der Waals surface area contributed by atoms with E-state index in [1.165, 1.54) is 12.1 Å². The smallest absolute Gasteiger partial charge is 0.123 e. The van der Waals surface area contributed by atoms with Crippen molar-refractivity contribution in [3.05, 3.63) is 58.1 Å². The Bertz CT molecular complexity index is 555.